The molecule has 0 N–H and O–H groups in total. The van der Waals surface area contributed by atoms with E-state index in [0.717, 1.165) is 19.3 Å². The Labute approximate surface area is 164 Å². The van der Waals surface area contributed by atoms with Crippen LogP contribution in [0.2, 0.25) is 0 Å². The topological polar surface area (TPSA) is 29.5 Å². The molecule has 0 saturated heterocycles. The Morgan fingerprint density at radius 3 is 1.88 bits per heavy atom. The van der Waals surface area contributed by atoms with Crippen molar-refractivity contribution in [2.75, 3.05) is 27.2 Å². The van der Waals surface area contributed by atoms with E-state index in [1.54, 1.807) is 0 Å². The zero-order valence-corrected chi connectivity index (χ0v) is 18.4. The van der Waals surface area contributed by atoms with Crippen molar-refractivity contribution in [3.05, 3.63) is 0 Å². The maximum absolute atomic E-state index is 12.2. The van der Waals surface area contributed by atoms with Crippen molar-refractivity contribution in [3.63, 3.8) is 0 Å². The number of ether oxygens (including phenoxy) is 1. The molecule has 0 aliphatic heterocycles. The highest BCUT2D eigenvalue weighted by Gasteiger charge is 2.17. The van der Waals surface area contributed by atoms with E-state index in [2.05, 4.69) is 32.8 Å². The first-order valence-corrected chi connectivity index (χ1v) is 11.4. The molecule has 0 heterocycles. The van der Waals surface area contributed by atoms with Crippen LogP contribution in [0.15, 0.2) is 0 Å². The molecule has 3 nitrogen and oxygen atoms in total. The second-order valence-electron chi connectivity index (χ2n) is 8.11. The van der Waals surface area contributed by atoms with Crippen molar-refractivity contribution in [2.24, 2.45) is 5.92 Å². The molecule has 0 radical (unpaired) electrons. The van der Waals surface area contributed by atoms with Gasteiger partial charge in [-0.15, -0.1) is 0 Å². The highest BCUT2D eigenvalue weighted by molar-refractivity contribution is 5.72. The Bertz CT molecular complexity index is 305. The van der Waals surface area contributed by atoms with Gasteiger partial charge >= 0.3 is 5.97 Å². The van der Waals surface area contributed by atoms with Crippen LogP contribution in [-0.4, -0.2) is 38.1 Å². The quantitative estimate of drug-likeness (QED) is 0.190. The van der Waals surface area contributed by atoms with E-state index in [-0.39, 0.29) is 11.9 Å². The summed E-state index contributed by atoms with van der Waals surface area (Å²) in [6, 6.07) is 0. The number of carbonyl (C=O) groups is 1. The Morgan fingerprint density at radius 1 is 0.769 bits per heavy atom. The summed E-state index contributed by atoms with van der Waals surface area (Å²) in [7, 11) is 4.27. The molecule has 0 spiro atoms. The molecule has 0 saturated carbocycles. The summed E-state index contributed by atoms with van der Waals surface area (Å²) in [6.07, 6.45) is 18.4. The third kappa shape index (κ3) is 16.9. The van der Waals surface area contributed by atoms with Gasteiger partial charge in [-0.1, -0.05) is 84.5 Å². The maximum atomic E-state index is 12.2. The van der Waals surface area contributed by atoms with Crippen LogP contribution in [0.5, 0.6) is 0 Å². The van der Waals surface area contributed by atoms with Gasteiger partial charge in [0.1, 0.15) is 0 Å². The second-order valence-corrected chi connectivity index (χ2v) is 8.11. The number of rotatable bonds is 19. The van der Waals surface area contributed by atoms with Crippen molar-refractivity contribution in [1.82, 2.24) is 4.90 Å². The van der Waals surface area contributed by atoms with Crippen LogP contribution in [0.3, 0.4) is 0 Å². The van der Waals surface area contributed by atoms with E-state index >= 15 is 0 Å². The molecule has 156 valence electrons. The molecule has 0 aromatic carbocycles. The van der Waals surface area contributed by atoms with Gasteiger partial charge in [0.15, 0.2) is 0 Å². The van der Waals surface area contributed by atoms with Gasteiger partial charge in [-0.3, -0.25) is 4.79 Å². The van der Waals surface area contributed by atoms with E-state index < -0.39 is 0 Å². The summed E-state index contributed by atoms with van der Waals surface area (Å²) in [6.45, 7) is 6.18. The lowest BCUT2D eigenvalue weighted by Gasteiger charge is -2.14. The highest BCUT2D eigenvalue weighted by Crippen LogP contribution is 2.17. The molecule has 1 unspecified atom stereocenters. The lowest BCUT2D eigenvalue weighted by molar-refractivity contribution is -0.149. The van der Waals surface area contributed by atoms with E-state index in [0.29, 0.717) is 6.61 Å². The molecule has 0 bridgehead atoms. The molecular formula is C23H47NO2. The zero-order valence-electron chi connectivity index (χ0n) is 18.4. The third-order valence-corrected chi connectivity index (χ3v) is 5.23. The number of unbranched alkanes of at least 4 members (excludes halogenated alkanes) is 11. The van der Waals surface area contributed by atoms with E-state index in [4.69, 9.17) is 4.74 Å². The fraction of sp³-hybridized carbons (Fsp3) is 0.957. The Morgan fingerprint density at radius 2 is 1.31 bits per heavy atom. The minimum absolute atomic E-state index is 0.0461. The van der Waals surface area contributed by atoms with Crippen molar-refractivity contribution in [1.29, 1.82) is 0 Å². The molecule has 0 aromatic heterocycles. The van der Waals surface area contributed by atoms with Gasteiger partial charge in [0.25, 0.3) is 0 Å². The first kappa shape index (κ1) is 25.4. The minimum Gasteiger partial charge on any atom is -0.465 e. The molecule has 1 atom stereocenters. The predicted molar refractivity (Wildman–Crippen MR) is 114 cm³/mol. The fourth-order valence-electron chi connectivity index (χ4n) is 3.36. The summed E-state index contributed by atoms with van der Waals surface area (Å²) in [5.41, 5.74) is 0. The van der Waals surface area contributed by atoms with E-state index in [1.807, 2.05) is 0 Å². The standard InChI is InChI=1S/C23H47NO2/c1-5-7-8-9-13-16-19-22(6-2)23(25)26-21-18-15-12-10-11-14-17-20-24(3)4/h22H,5-21H2,1-4H3. The van der Waals surface area contributed by atoms with Gasteiger partial charge in [0, 0.05) is 0 Å². The van der Waals surface area contributed by atoms with Gasteiger partial charge < -0.3 is 9.64 Å². The lowest BCUT2D eigenvalue weighted by Crippen LogP contribution is -2.17. The third-order valence-electron chi connectivity index (χ3n) is 5.23. The van der Waals surface area contributed by atoms with Gasteiger partial charge in [-0.05, 0) is 46.3 Å². The number of esters is 1. The van der Waals surface area contributed by atoms with Crippen LogP contribution in [0.25, 0.3) is 0 Å². The van der Waals surface area contributed by atoms with Crippen molar-refractivity contribution in [3.8, 4) is 0 Å². The fourth-order valence-corrected chi connectivity index (χ4v) is 3.36. The molecule has 0 amide bonds. The van der Waals surface area contributed by atoms with Gasteiger partial charge in [0.05, 0.1) is 12.5 Å². The molecule has 0 aliphatic rings. The largest absolute Gasteiger partial charge is 0.465 e. The Kier molecular flexibility index (Phi) is 18.8. The first-order chi connectivity index (χ1) is 12.6. The average Bonchev–Trinajstić information content (AvgIpc) is 2.62. The highest BCUT2D eigenvalue weighted by atomic mass is 16.5. The van der Waals surface area contributed by atoms with Crippen LogP contribution in [0.1, 0.15) is 110 Å². The summed E-state index contributed by atoms with van der Waals surface area (Å²) in [5.74, 6) is 0.169. The number of hydrogen-bond donors (Lipinski definition) is 0. The van der Waals surface area contributed by atoms with Crippen molar-refractivity contribution >= 4 is 5.97 Å². The predicted octanol–water partition coefficient (Wildman–Crippen LogP) is 6.60. The average molecular weight is 370 g/mol. The monoisotopic (exact) mass is 369 g/mol. The first-order valence-electron chi connectivity index (χ1n) is 11.4. The molecular weight excluding hydrogens is 322 g/mol. The Balaban J connectivity index is 3.49. The second kappa shape index (κ2) is 19.2. The molecule has 0 aliphatic carbocycles. The van der Waals surface area contributed by atoms with E-state index in [9.17, 15) is 4.79 Å². The van der Waals surface area contributed by atoms with Crippen LogP contribution >= 0.6 is 0 Å². The van der Waals surface area contributed by atoms with E-state index in [1.165, 1.54) is 83.6 Å². The number of carbonyl (C=O) groups excluding carboxylic acids is 1. The number of hydrogen-bond acceptors (Lipinski definition) is 3. The maximum Gasteiger partial charge on any atom is 0.308 e. The van der Waals surface area contributed by atoms with Crippen LogP contribution in [0.4, 0.5) is 0 Å². The molecule has 26 heavy (non-hydrogen) atoms. The zero-order chi connectivity index (χ0) is 19.5. The molecule has 0 rings (SSSR count). The lowest BCUT2D eigenvalue weighted by atomic mass is 9.98. The van der Waals surface area contributed by atoms with Crippen molar-refractivity contribution in [2.45, 2.75) is 110 Å². The smallest absolute Gasteiger partial charge is 0.308 e. The minimum atomic E-state index is 0.0461. The summed E-state index contributed by atoms with van der Waals surface area (Å²) >= 11 is 0. The molecule has 0 aromatic rings. The van der Waals surface area contributed by atoms with Crippen LogP contribution < -0.4 is 0 Å². The van der Waals surface area contributed by atoms with Crippen LogP contribution in [-0.2, 0) is 9.53 Å². The SMILES string of the molecule is CCCCCCCCC(CC)C(=O)OCCCCCCCCCN(C)C. The summed E-state index contributed by atoms with van der Waals surface area (Å²) in [5, 5.41) is 0. The van der Waals surface area contributed by atoms with Crippen LogP contribution in [0, 0.1) is 5.92 Å². The summed E-state index contributed by atoms with van der Waals surface area (Å²) < 4.78 is 5.52. The van der Waals surface area contributed by atoms with Gasteiger partial charge in [-0.2, -0.15) is 0 Å². The Hall–Kier alpha value is -0.570. The summed E-state index contributed by atoms with van der Waals surface area (Å²) in [4.78, 5) is 14.4. The number of nitrogens with zero attached hydrogens (tertiary/aromatic N) is 1. The van der Waals surface area contributed by atoms with Crippen molar-refractivity contribution < 1.29 is 9.53 Å². The molecule has 0 fully saturated rings. The van der Waals surface area contributed by atoms with Gasteiger partial charge in [-0.25, -0.2) is 0 Å². The molecule has 3 heteroatoms. The van der Waals surface area contributed by atoms with Gasteiger partial charge in [0.2, 0.25) is 0 Å². The normalized spacial score (nSPS) is 12.5.